The zero-order chi connectivity index (χ0) is 14.7. The van der Waals surface area contributed by atoms with Crippen LogP contribution in [-0.2, 0) is 6.54 Å². The van der Waals surface area contributed by atoms with E-state index in [1.165, 1.54) is 5.52 Å². The van der Waals surface area contributed by atoms with Crippen LogP contribution < -0.4 is 5.73 Å². The molecule has 0 aliphatic heterocycles. The first-order valence-corrected chi connectivity index (χ1v) is 7.38. The molecule has 0 radical (unpaired) electrons. The highest BCUT2D eigenvalue weighted by atomic mass is 15.2. The van der Waals surface area contributed by atoms with Crippen molar-refractivity contribution in [3.63, 3.8) is 0 Å². The minimum atomic E-state index is 0.320. The number of hydrogen-bond acceptors (Lipinski definition) is 3. The molecule has 0 spiro atoms. The Morgan fingerprint density at radius 3 is 2.55 bits per heavy atom. The first kappa shape index (κ1) is 15.0. The number of imidazole rings is 1. The molecule has 0 fully saturated rings. The summed E-state index contributed by atoms with van der Waals surface area (Å²) in [6, 6.07) is 8.68. The summed E-state index contributed by atoms with van der Waals surface area (Å²) in [5.41, 5.74) is 7.98. The van der Waals surface area contributed by atoms with Crippen LogP contribution in [0.15, 0.2) is 24.3 Å². The molecule has 1 aromatic carbocycles. The lowest BCUT2D eigenvalue weighted by atomic mass is 10.0. The van der Waals surface area contributed by atoms with Gasteiger partial charge < -0.3 is 10.3 Å². The third kappa shape index (κ3) is 2.86. The van der Waals surface area contributed by atoms with Crippen LogP contribution in [0.5, 0.6) is 0 Å². The van der Waals surface area contributed by atoms with Crippen molar-refractivity contribution in [1.82, 2.24) is 14.5 Å². The number of fused-ring (bicyclic) bond motifs is 1. The summed E-state index contributed by atoms with van der Waals surface area (Å²) in [6.45, 7) is 6.14. The van der Waals surface area contributed by atoms with Crippen LogP contribution in [0, 0.1) is 5.92 Å². The Morgan fingerprint density at radius 1 is 1.25 bits per heavy atom. The van der Waals surface area contributed by atoms with Gasteiger partial charge in [-0.05, 0) is 45.1 Å². The molecule has 110 valence electrons. The van der Waals surface area contributed by atoms with E-state index in [1.54, 1.807) is 0 Å². The van der Waals surface area contributed by atoms with Gasteiger partial charge in [0.25, 0.3) is 0 Å². The molecule has 0 aliphatic rings. The van der Waals surface area contributed by atoms with Gasteiger partial charge in [-0.25, -0.2) is 4.98 Å². The number of nitrogens with zero attached hydrogens (tertiary/aromatic N) is 3. The molecule has 1 heterocycles. The molecule has 20 heavy (non-hydrogen) atoms. The van der Waals surface area contributed by atoms with Gasteiger partial charge in [0.1, 0.15) is 5.82 Å². The largest absolute Gasteiger partial charge is 0.330 e. The maximum atomic E-state index is 5.69. The standard InChI is InChI=1S/C16H26N4/c1-12(2)15(19(3)4)16-18-13-8-5-6-9-14(13)20(16)11-7-10-17/h5-6,8-9,12,15H,7,10-11,17H2,1-4H3. The molecule has 1 atom stereocenters. The number of rotatable bonds is 6. The lowest BCUT2D eigenvalue weighted by Gasteiger charge is -2.28. The average Bonchev–Trinajstić information content (AvgIpc) is 2.73. The molecule has 4 heteroatoms. The topological polar surface area (TPSA) is 47.1 Å². The number of para-hydroxylation sites is 2. The Labute approximate surface area is 121 Å². The van der Waals surface area contributed by atoms with Crippen LogP contribution in [-0.4, -0.2) is 35.1 Å². The van der Waals surface area contributed by atoms with E-state index in [-0.39, 0.29) is 0 Å². The van der Waals surface area contributed by atoms with Gasteiger partial charge in [0, 0.05) is 6.54 Å². The molecule has 0 amide bonds. The molecule has 1 unspecified atom stereocenters. The molecule has 0 aliphatic carbocycles. The van der Waals surface area contributed by atoms with Gasteiger partial charge in [-0.15, -0.1) is 0 Å². The van der Waals surface area contributed by atoms with Crippen LogP contribution in [0.25, 0.3) is 11.0 Å². The summed E-state index contributed by atoms with van der Waals surface area (Å²) < 4.78 is 2.34. The van der Waals surface area contributed by atoms with Gasteiger partial charge in [0.15, 0.2) is 0 Å². The summed E-state index contributed by atoms with van der Waals surface area (Å²) in [4.78, 5) is 7.14. The summed E-state index contributed by atoms with van der Waals surface area (Å²) in [7, 11) is 4.24. The molecule has 2 rings (SSSR count). The highest BCUT2D eigenvalue weighted by Gasteiger charge is 2.24. The Balaban J connectivity index is 2.54. The normalized spacial score (nSPS) is 13.6. The van der Waals surface area contributed by atoms with E-state index in [2.05, 4.69) is 55.6 Å². The molecule has 4 nitrogen and oxygen atoms in total. The highest BCUT2D eigenvalue weighted by Crippen LogP contribution is 2.29. The van der Waals surface area contributed by atoms with Crippen molar-refractivity contribution in [2.75, 3.05) is 20.6 Å². The van der Waals surface area contributed by atoms with Crippen LogP contribution in [0.1, 0.15) is 32.1 Å². The van der Waals surface area contributed by atoms with Crippen molar-refractivity contribution >= 4 is 11.0 Å². The van der Waals surface area contributed by atoms with Crippen molar-refractivity contribution in [1.29, 1.82) is 0 Å². The van der Waals surface area contributed by atoms with Crippen LogP contribution in [0.2, 0.25) is 0 Å². The average molecular weight is 274 g/mol. The second kappa shape index (κ2) is 6.37. The van der Waals surface area contributed by atoms with Crippen molar-refractivity contribution in [3.8, 4) is 0 Å². The third-order valence-electron chi connectivity index (χ3n) is 3.72. The van der Waals surface area contributed by atoms with E-state index >= 15 is 0 Å². The van der Waals surface area contributed by atoms with Crippen molar-refractivity contribution in [3.05, 3.63) is 30.1 Å². The van der Waals surface area contributed by atoms with Crippen molar-refractivity contribution in [2.45, 2.75) is 32.9 Å². The first-order valence-electron chi connectivity index (χ1n) is 7.38. The van der Waals surface area contributed by atoms with Crippen LogP contribution >= 0.6 is 0 Å². The number of benzene rings is 1. The molecule has 2 aromatic rings. The first-order chi connectivity index (χ1) is 9.56. The third-order valence-corrected chi connectivity index (χ3v) is 3.72. The van der Waals surface area contributed by atoms with E-state index < -0.39 is 0 Å². The maximum absolute atomic E-state index is 5.69. The second-order valence-corrected chi connectivity index (χ2v) is 5.91. The second-order valence-electron chi connectivity index (χ2n) is 5.91. The Morgan fingerprint density at radius 2 is 1.95 bits per heavy atom. The zero-order valence-electron chi connectivity index (χ0n) is 13.0. The monoisotopic (exact) mass is 274 g/mol. The van der Waals surface area contributed by atoms with E-state index in [0.29, 0.717) is 18.5 Å². The molecular weight excluding hydrogens is 248 g/mol. The molecule has 2 N–H and O–H groups in total. The van der Waals surface area contributed by atoms with Gasteiger partial charge in [-0.3, -0.25) is 4.90 Å². The number of nitrogens with two attached hydrogens (primary N) is 1. The lowest BCUT2D eigenvalue weighted by molar-refractivity contribution is 0.219. The fraction of sp³-hybridized carbons (Fsp3) is 0.562. The SMILES string of the molecule is CC(C)C(c1nc2ccccc2n1CCCN)N(C)C. The van der Waals surface area contributed by atoms with Crippen molar-refractivity contribution in [2.24, 2.45) is 11.7 Å². The molecule has 0 saturated carbocycles. The summed E-state index contributed by atoms with van der Waals surface area (Å²) >= 11 is 0. The number of aryl methyl sites for hydroxylation is 1. The highest BCUT2D eigenvalue weighted by molar-refractivity contribution is 5.76. The Bertz CT molecular complexity index is 549. The Hall–Kier alpha value is -1.39. The van der Waals surface area contributed by atoms with Crippen LogP contribution in [0.3, 0.4) is 0 Å². The minimum absolute atomic E-state index is 0.320. The predicted molar refractivity (Wildman–Crippen MR) is 84.7 cm³/mol. The fourth-order valence-corrected chi connectivity index (χ4v) is 2.93. The number of aromatic nitrogens is 2. The maximum Gasteiger partial charge on any atom is 0.127 e. The van der Waals surface area contributed by atoms with E-state index in [0.717, 1.165) is 24.3 Å². The minimum Gasteiger partial charge on any atom is -0.330 e. The van der Waals surface area contributed by atoms with E-state index in [4.69, 9.17) is 10.7 Å². The number of hydrogen-bond donors (Lipinski definition) is 1. The van der Waals surface area contributed by atoms with Gasteiger partial charge in [-0.2, -0.15) is 0 Å². The summed E-state index contributed by atoms with van der Waals surface area (Å²) in [6.07, 6.45) is 0.978. The van der Waals surface area contributed by atoms with Crippen molar-refractivity contribution < 1.29 is 0 Å². The van der Waals surface area contributed by atoms with E-state index in [1.807, 2.05) is 6.07 Å². The molecule has 1 aromatic heterocycles. The van der Waals surface area contributed by atoms with Gasteiger partial charge in [0.05, 0.1) is 17.1 Å². The predicted octanol–water partition coefficient (Wildman–Crippen LogP) is 2.64. The van der Waals surface area contributed by atoms with Gasteiger partial charge >= 0.3 is 0 Å². The van der Waals surface area contributed by atoms with Crippen LogP contribution in [0.4, 0.5) is 0 Å². The fourth-order valence-electron chi connectivity index (χ4n) is 2.93. The smallest absolute Gasteiger partial charge is 0.127 e. The quantitative estimate of drug-likeness (QED) is 0.881. The lowest BCUT2D eigenvalue weighted by Crippen LogP contribution is -2.28. The molecular formula is C16H26N4. The van der Waals surface area contributed by atoms with Gasteiger partial charge in [0.2, 0.25) is 0 Å². The zero-order valence-corrected chi connectivity index (χ0v) is 13.0. The molecule has 0 bridgehead atoms. The summed E-state index contributed by atoms with van der Waals surface area (Å²) in [5, 5.41) is 0. The van der Waals surface area contributed by atoms with Gasteiger partial charge in [-0.1, -0.05) is 26.0 Å². The molecule has 0 saturated heterocycles. The van der Waals surface area contributed by atoms with E-state index in [9.17, 15) is 0 Å². The summed E-state index contributed by atoms with van der Waals surface area (Å²) in [5.74, 6) is 1.66. The Kier molecular flexibility index (Phi) is 4.78.